The van der Waals surface area contributed by atoms with Crippen molar-refractivity contribution in [1.82, 2.24) is 9.88 Å². The van der Waals surface area contributed by atoms with Crippen LogP contribution in [0.25, 0.3) is 10.9 Å². The average molecular weight is 397 g/mol. The Hall–Kier alpha value is -3.55. The van der Waals surface area contributed by atoms with Crippen molar-refractivity contribution in [2.75, 3.05) is 20.8 Å². The Morgan fingerprint density at radius 1 is 1.14 bits per heavy atom. The summed E-state index contributed by atoms with van der Waals surface area (Å²) in [5.74, 6) is -0.0601. The molecule has 0 aliphatic carbocycles. The van der Waals surface area contributed by atoms with E-state index in [1.807, 2.05) is 19.1 Å². The minimum atomic E-state index is -0.605. The smallest absolute Gasteiger partial charge is 0.286 e. The van der Waals surface area contributed by atoms with Gasteiger partial charge in [0.05, 0.1) is 25.2 Å². The number of fused-ring (bicyclic) bond motifs is 1. The lowest BCUT2D eigenvalue weighted by Gasteiger charge is -2.12. The molecule has 1 amide bonds. The first-order chi connectivity index (χ1) is 14.0. The maximum absolute atomic E-state index is 12.6. The van der Waals surface area contributed by atoms with E-state index in [-0.39, 0.29) is 22.7 Å². The van der Waals surface area contributed by atoms with Gasteiger partial charge in [0.25, 0.3) is 11.6 Å². The van der Waals surface area contributed by atoms with E-state index in [0.29, 0.717) is 13.0 Å². The Labute approximate surface area is 168 Å². The highest BCUT2D eigenvalue weighted by atomic mass is 16.6. The van der Waals surface area contributed by atoms with E-state index in [1.165, 1.54) is 31.7 Å². The largest absolute Gasteiger partial charge is 0.493 e. The Morgan fingerprint density at radius 2 is 1.83 bits per heavy atom. The molecule has 0 aliphatic heterocycles. The van der Waals surface area contributed by atoms with Gasteiger partial charge >= 0.3 is 0 Å². The summed E-state index contributed by atoms with van der Waals surface area (Å²) in [6.45, 7) is 3.16. The van der Waals surface area contributed by atoms with Crippen molar-refractivity contribution in [3.63, 3.8) is 0 Å². The molecule has 0 saturated heterocycles. The van der Waals surface area contributed by atoms with Gasteiger partial charge in [-0.3, -0.25) is 14.9 Å². The lowest BCUT2D eigenvalue weighted by Crippen LogP contribution is -2.26. The summed E-state index contributed by atoms with van der Waals surface area (Å²) < 4.78 is 12.4. The average Bonchev–Trinajstić information content (AvgIpc) is 3.04. The molecule has 8 nitrogen and oxygen atoms in total. The van der Waals surface area contributed by atoms with Gasteiger partial charge in [-0.05, 0) is 30.9 Å². The number of carbonyl (C=O) groups is 1. The molecule has 0 spiro atoms. The number of ether oxygens (including phenoxy) is 2. The normalized spacial score (nSPS) is 10.7. The van der Waals surface area contributed by atoms with Crippen LogP contribution < -0.4 is 14.8 Å². The van der Waals surface area contributed by atoms with Crippen LogP contribution in [-0.4, -0.2) is 36.2 Å². The Balaban J connectivity index is 1.69. The Bertz CT molecular complexity index is 1060. The SMILES string of the molecule is COc1cc(C(=O)NCCCn2c(C)cc3ccccc32)c([N+](=O)[O-])cc1OC. The lowest BCUT2D eigenvalue weighted by molar-refractivity contribution is -0.385. The van der Waals surface area contributed by atoms with Gasteiger partial charge in [-0.25, -0.2) is 0 Å². The van der Waals surface area contributed by atoms with Gasteiger partial charge in [0.2, 0.25) is 0 Å². The minimum Gasteiger partial charge on any atom is -0.493 e. The molecule has 0 aliphatic rings. The van der Waals surface area contributed by atoms with Crippen molar-refractivity contribution in [1.29, 1.82) is 0 Å². The van der Waals surface area contributed by atoms with E-state index in [2.05, 4.69) is 28.1 Å². The number of hydrogen-bond acceptors (Lipinski definition) is 5. The zero-order chi connectivity index (χ0) is 21.0. The number of nitro groups is 1. The molecule has 1 heterocycles. The summed E-state index contributed by atoms with van der Waals surface area (Å²) in [5.41, 5.74) is 1.91. The molecule has 3 rings (SSSR count). The first-order valence-corrected chi connectivity index (χ1v) is 9.19. The van der Waals surface area contributed by atoms with Crippen LogP contribution in [-0.2, 0) is 6.54 Å². The quantitative estimate of drug-likeness (QED) is 0.355. The number of methoxy groups -OCH3 is 2. The Kier molecular flexibility index (Phi) is 6.01. The molecule has 29 heavy (non-hydrogen) atoms. The number of rotatable bonds is 8. The van der Waals surface area contributed by atoms with Crippen LogP contribution in [0.1, 0.15) is 22.5 Å². The van der Waals surface area contributed by atoms with Crippen molar-refractivity contribution in [3.05, 3.63) is 63.8 Å². The van der Waals surface area contributed by atoms with Gasteiger partial charge < -0.3 is 19.4 Å². The molecular weight excluding hydrogens is 374 g/mol. The first kappa shape index (κ1) is 20.2. The highest BCUT2D eigenvalue weighted by Crippen LogP contribution is 2.34. The molecule has 8 heteroatoms. The highest BCUT2D eigenvalue weighted by Gasteiger charge is 2.24. The number of benzene rings is 2. The fourth-order valence-electron chi connectivity index (χ4n) is 3.38. The number of amides is 1. The molecule has 2 aromatic carbocycles. The molecule has 0 fully saturated rings. The van der Waals surface area contributed by atoms with Crippen LogP contribution in [0.4, 0.5) is 5.69 Å². The molecule has 0 bridgehead atoms. The van der Waals surface area contributed by atoms with Crippen LogP contribution in [0.15, 0.2) is 42.5 Å². The third-order valence-corrected chi connectivity index (χ3v) is 4.80. The van der Waals surface area contributed by atoms with Gasteiger partial charge in [-0.1, -0.05) is 18.2 Å². The number of hydrogen-bond donors (Lipinski definition) is 1. The summed E-state index contributed by atoms with van der Waals surface area (Å²) in [7, 11) is 2.80. The fraction of sp³-hybridized carbons (Fsp3) is 0.286. The van der Waals surface area contributed by atoms with E-state index < -0.39 is 10.8 Å². The van der Waals surface area contributed by atoms with E-state index in [1.54, 1.807) is 0 Å². The predicted octanol–water partition coefficient (Wildman–Crippen LogP) is 3.70. The topological polar surface area (TPSA) is 95.6 Å². The summed E-state index contributed by atoms with van der Waals surface area (Å²) >= 11 is 0. The summed E-state index contributed by atoms with van der Waals surface area (Å²) in [4.78, 5) is 23.3. The molecule has 3 aromatic rings. The second-order valence-electron chi connectivity index (χ2n) is 6.59. The molecule has 0 radical (unpaired) electrons. The van der Waals surface area contributed by atoms with Crippen molar-refractivity contribution in [2.24, 2.45) is 0 Å². The molecule has 152 valence electrons. The number of aromatic nitrogens is 1. The first-order valence-electron chi connectivity index (χ1n) is 9.19. The lowest BCUT2D eigenvalue weighted by atomic mass is 10.1. The van der Waals surface area contributed by atoms with Crippen molar-refractivity contribution in [3.8, 4) is 11.5 Å². The number of aryl methyl sites for hydroxylation is 2. The maximum atomic E-state index is 12.6. The molecule has 1 N–H and O–H groups in total. The number of para-hydroxylation sites is 1. The van der Waals surface area contributed by atoms with Gasteiger partial charge in [0.15, 0.2) is 11.5 Å². The van der Waals surface area contributed by atoms with Crippen molar-refractivity contribution >= 4 is 22.5 Å². The van der Waals surface area contributed by atoms with Gasteiger partial charge in [-0.15, -0.1) is 0 Å². The van der Waals surface area contributed by atoms with E-state index in [9.17, 15) is 14.9 Å². The number of nitrogens with zero attached hydrogens (tertiary/aromatic N) is 2. The molecule has 0 unspecified atom stereocenters. The van der Waals surface area contributed by atoms with E-state index in [4.69, 9.17) is 9.47 Å². The minimum absolute atomic E-state index is 0.0600. The van der Waals surface area contributed by atoms with Gasteiger partial charge in [-0.2, -0.15) is 0 Å². The van der Waals surface area contributed by atoms with Gasteiger partial charge in [0, 0.05) is 30.4 Å². The number of nitro benzene ring substituents is 1. The zero-order valence-corrected chi connectivity index (χ0v) is 16.6. The van der Waals surface area contributed by atoms with Crippen LogP contribution in [0.3, 0.4) is 0 Å². The summed E-state index contributed by atoms with van der Waals surface area (Å²) in [5, 5.41) is 15.3. The van der Waals surface area contributed by atoms with Crippen LogP contribution in [0.5, 0.6) is 11.5 Å². The predicted molar refractivity (Wildman–Crippen MR) is 110 cm³/mol. The van der Waals surface area contributed by atoms with E-state index >= 15 is 0 Å². The molecule has 0 saturated carbocycles. The second kappa shape index (κ2) is 8.64. The number of carbonyl (C=O) groups excluding carboxylic acids is 1. The Morgan fingerprint density at radius 3 is 2.52 bits per heavy atom. The highest BCUT2D eigenvalue weighted by molar-refractivity contribution is 5.99. The fourth-order valence-corrected chi connectivity index (χ4v) is 3.38. The molecular formula is C21H23N3O5. The third-order valence-electron chi connectivity index (χ3n) is 4.80. The van der Waals surface area contributed by atoms with Crippen LogP contribution in [0.2, 0.25) is 0 Å². The van der Waals surface area contributed by atoms with E-state index in [0.717, 1.165) is 17.8 Å². The maximum Gasteiger partial charge on any atom is 0.286 e. The second-order valence-corrected chi connectivity index (χ2v) is 6.59. The summed E-state index contributed by atoms with van der Waals surface area (Å²) in [6, 6.07) is 12.8. The third kappa shape index (κ3) is 4.16. The molecule has 1 aromatic heterocycles. The monoisotopic (exact) mass is 397 g/mol. The molecule has 0 atom stereocenters. The number of nitrogens with one attached hydrogen (secondary N) is 1. The van der Waals surface area contributed by atoms with Crippen LogP contribution in [0, 0.1) is 17.0 Å². The summed E-state index contributed by atoms with van der Waals surface area (Å²) in [6.07, 6.45) is 0.687. The standard InChI is InChI=1S/C21H23N3O5/c1-14-11-15-7-4-5-8-17(15)23(14)10-6-9-22-21(25)16-12-19(28-2)20(29-3)13-18(16)24(26)27/h4-5,7-8,11-13H,6,9-10H2,1-3H3,(H,22,25). The van der Waals surface area contributed by atoms with Crippen molar-refractivity contribution < 1.29 is 19.2 Å². The van der Waals surface area contributed by atoms with Crippen LogP contribution >= 0.6 is 0 Å². The zero-order valence-electron chi connectivity index (χ0n) is 16.6. The van der Waals surface area contributed by atoms with Crippen molar-refractivity contribution in [2.45, 2.75) is 19.9 Å². The van der Waals surface area contributed by atoms with Gasteiger partial charge in [0.1, 0.15) is 5.56 Å².